The van der Waals surface area contributed by atoms with E-state index in [0.717, 1.165) is 36.9 Å². The van der Waals surface area contributed by atoms with Crippen LogP contribution < -0.4 is 10.2 Å². The summed E-state index contributed by atoms with van der Waals surface area (Å²) in [6.45, 7) is 6.00. The summed E-state index contributed by atoms with van der Waals surface area (Å²) >= 11 is 1.63. The van der Waals surface area contributed by atoms with Crippen LogP contribution in [0, 0.1) is 0 Å². The number of anilines is 2. The van der Waals surface area contributed by atoms with Crippen LogP contribution >= 0.6 is 11.8 Å². The Morgan fingerprint density at radius 1 is 1.18 bits per heavy atom. The predicted octanol–water partition coefficient (Wildman–Crippen LogP) is 3.70. The van der Waals surface area contributed by atoms with Gasteiger partial charge in [0.1, 0.15) is 0 Å². The highest BCUT2D eigenvalue weighted by Gasteiger charge is 2.21. The lowest BCUT2D eigenvalue weighted by Gasteiger charge is -2.32. The lowest BCUT2D eigenvalue weighted by atomic mass is 10.1. The van der Waals surface area contributed by atoms with E-state index >= 15 is 0 Å². The van der Waals surface area contributed by atoms with Gasteiger partial charge in [-0.1, -0.05) is 30.3 Å². The molecule has 0 aromatic heterocycles. The Morgan fingerprint density at radius 3 is 2.61 bits per heavy atom. The molecule has 150 valence electrons. The zero-order valence-corrected chi connectivity index (χ0v) is 17.7. The Kier molecular flexibility index (Phi) is 7.36. The minimum absolute atomic E-state index is 0.00727. The molecule has 0 radical (unpaired) electrons. The Morgan fingerprint density at radius 2 is 1.86 bits per heavy atom. The van der Waals surface area contributed by atoms with Gasteiger partial charge in [0.25, 0.3) is 0 Å². The lowest BCUT2D eigenvalue weighted by Crippen LogP contribution is -2.40. The number of hydrogen-bond donors (Lipinski definition) is 1. The molecule has 3 rings (SSSR count). The molecule has 1 amide bonds. The molecule has 1 saturated heterocycles. The number of carbonyl (C=O) groups is 1. The molecule has 1 N–H and O–H groups in total. The predicted molar refractivity (Wildman–Crippen MR) is 117 cm³/mol. The van der Waals surface area contributed by atoms with Gasteiger partial charge in [-0.2, -0.15) is 0 Å². The Bertz CT molecular complexity index is 793. The van der Waals surface area contributed by atoms with E-state index in [2.05, 4.69) is 39.4 Å². The zero-order valence-electron chi connectivity index (χ0n) is 16.9. The lowest BCUT2D eigenvalue weighted by molar-refractivity contribution is -0.120. The Labute approximate surface area is 172 Å². The van der Waals surface area contributed by atoms with E-state index in [4.69, 9.17) is 4.74 Å². The van der Waals surface area contributed by atoms with Crippen LogP contribution in [0.4, 0.5) is 11.4 Å². The molecule has 0 spiro atoms. The van der Waals surface area contributed by atoms with Gasteiger partial charge in [0.2, 0.25) is 5.91 Å². The number of ether oxygens (including phenoxy) is 1. The minimum Gasteiger partial charge on any atom is -0.378 e. The van der Waals surface area contributed by atoms with Crippen LogP contribution in [-0.4, -0.2) is 56.5 Å². The number of thioether (sulfide) groups is 1. The number of carbonyl (C=O) groups excluding carboxylic acids is 1. The van der Waals surface area contributed by atoms with E-state index in [1.807, 2.05) is 44.5 Å². The van der Waals surface area contributed by atoms with Crippen molar-refractivity contribution in [2.24, 2.45) is 0 Å². The molecule has 2 aromatic carbocycles. The zero-order chi connectivity index (χ0) is 19.9. The fourth-order valence-corrected chi connectivity index (χ4v) is 3.90. The van der Waals surface area contributed by atoms with Gasteiger partial charge < -0.3 is 15.0 Å². The van der Waals surface area contributed by atoms with Crippen LogP contribution in [-0.2, 0) is 16.1 Å². The second-order valence-electron chi connectivity index (χ2n) is 7.01. The summed E-state index contributed by atoms with van der Waals surface area (Å²) in [5.41, 5.74) is 3.34. The van der Waals surface area contributed by atoms with Gasteiger partial charge in [-0.05, 0) is 44.0 Å². The first-order valence-corrected chi connectivity index (χ1v) is 10.9. The quantitative estimate of drug-likeness (QED) is 0.719. The van der Waals surface area contributed by atoms with E-state index in [-0.39, 0.29) is 11.9 Å². The monoisotopic (exact) mass is 399 g/mol. The average Bonchev–Trinajstić information content (AvgIpc) is 2.74. The van der Waals surface area contributed by atoms with Crippen molar-refractivity contribution in [3.05, 3.63) is 54.1 Å². The molecule has 0 bridgehead atoms. The van der Waals surface area contributed by atoms with Gasteiger partial charge in [0.05, 0.1) is 24.9 Å². The van der Waals surface area contributed by atoms with Gasteiger partial charge in [-0.15, -0.1) is 11.8 Å². The number of nitrogens with zero attached hydrogens (tertiary/aromatic N) is 2. The minimum atomic E-state index is -0.243. The number of morpholine rings is 1. The molecule has 2 aromatic rings. The van der Waals surface area contributed by atoms with Crippen molar-refractivity contribution in [2.75, 3.05) is 49.8 Å². The summed E-state index contributed by atoms with van der Waals surface area (Å²) < 4.78 is 5.48. The third-order valence-electron chi connectivity index (χ3n) is 5.17. The standard InChI is InChI=1S/C22H29N3O2S/c1-17(22(26)23-19-9-5-7-11-21(19)28-3)24(2)16-18-8-4-6-10-20(18)25-12-14-27-15-13-25/h4-11,17H,12-16H2,1-3H3,(H,23,26). The fraction of sp³-hybridized carbons (Fsp3) is 0.409. The van der Waals surface area contributed by atoms with E-state index in [1.54, 1.807) is 11.8 Å². The Balaban J connectivity index is 1.67. The van der Waals surface area contributed by atoms with Crippen molar-refractivity contribution in [1.29, 1.82) is 0 Å². The second-order valence-corrected chi connectivity index (χ2v) is 7.86. The first-order valence-electron chi connectivity index (χ1n) is 9.65. The number of likely N-dealkylation sites (N-methyl/N-ethyl adjacent to an activating group) is 1. The van der Waals surface area contributed by atoms with Crippen LogP contribution in [0.25, 0.3) is 0 Å². The van der Waals surface area contributed by atoms with Gasteiger partial charge >= 0.3 is 0 Å². The first-order chi connectivity index (χ1) is 13.6. The maximum Gasteiger partial charge on any atom is 0.241 e. The molecule has 1 aliphatic rings. The summed E-state index contributed by atoms with van der Waals surface area (Å²) in [5.74, 6) is 0.00727. The van der Waals surface area contributed by atoms with Crippen molar-refractivity contribution in [3.8, 4) is 0 Å². The summed E-state index contributed by atoms with van der Waals surface area (Å²) in [4.78, 5) is 18.3. The molecule has 1 aliphatic heterocycles. The Hall–Kier alpha value is -2.02. The molecule has 28 heavy (non-hydrogen) atoms. The summed E-state index contributed by atoms with van der Waals surface area (Å²) in [6.07, 6.45) is 2.02. The van der Waals surface area contributed by atoms with Crippen molar-refractivity contribution in [1.82, 2.24) is 4.90 Å². The molecule has 1 unspecified atom stereocenters. The summed E-state index contributed by atoms with van der Waals surface area (Å²) in [6, 6.07) is 16.1. The van der Waals surface area contributed by atoms with E-state index in [1.165, 1.54) is 11.3 Å². The number of hydrogen-bond acceptors (Lipinski definition) is 5. The number of rotatable bonds is 7. The normalized spacial score (nSPS) is 15.5. The highest BCUT2D eigenvalue weighted by molar-refractivity contribution is 7.98. The van der Waals surface area contributed by atoms with E-state index in [9.17, 15) is 4.79 Å². The number of benzene rings is 2. The maximum absolute atomic E-state index is 12.8. The molecule has 1 heterocycles. The van der Waals surface area contributed by atoms with Crippen molar-refractivity contribution in [2.45, 2.75) is 24.4 Å². The molecular formula is C22H29N3O2S. The van der Waals surface area contributed by atoms with Gasteiger partial charge in [-0.25, -0.2) is 0 Å². The molecular weight excluding hydrogens is 370 g/mol. The van der Waals surface area contributed by atoms with E-state index in [0.29, 0.717) is 6.54 Å². The first kappa shape index (κ1) is 20.7. The van der Waals surface area contributed by atoms with Crippen molar-refractivity contribution < 1.29 is 9.53 Å². The third-order valence-corrected chi connectivity index (χ3v) is 5.96. The molecule has 5 nitrogen and oxygen atoms in total. The topological polar surface area (TPSA) is 44.8 Å². The molecule has 0 aliphatic carbocycles. The van der Waals surface area contributed by atoms with Crippen molar-refractivity contribution >= 4 is 29.0 Å². The molecule has 1 fully saturated rings. The average molecular weight is 400 g/mol. The molecule has 0 saturated carbocycles. The van der Waals surface area contributed by atoms with E-state index < -0.39 is 0 Å². The highest BCUT2D eigenvalue weighted by Crippen LogP contribution is 2.26. The number of amides is 1. The SMILES string of the molecule is CSc1ccccc1NC(=O)C(C)N(C)Cc1ccccc1N1CCOCC1. The maximum atomic E-state index is 12.8. The van der Waals surface area contributed by atoms with Crippen LogP contribution in [0.2, 0.25) is 0 Å². The number of para-hydroxylation sites is 2. The van der Waals surface area contributed by atoms with Crippen LogP contribution in [0.1, 0.15) is 12.5 Å². The third kappa shape index (κ3) is 5.07. The van der Waals surface area contributed by atoms with Gasteiger partial charge in [0, 0.05) is 30.2 Å². The van der Waals surface area contributed by atoms with Crippen LogP contribution in [0.3, 0.4) is 0 Å². The number of nitrogens with one attached hydrogen (secondary N) is 1. The fourth-order valence-electron chi connectivity index (χ4n) is 3.35. The largest absolute Gasteiger partial charge is 0.378 e. The summed E-state index contributed by atoms with van der Waals surface area (Å²) in [5, 5.41) is 3.08. The van der Waals surface area contributed by atoms with Gasteiger partial charge in [0.15, 0.2) is 0 Å². The van der Waals surface area contributed by atoms with Crippen LogP contribution in [0.5, 0.6) is 0 Å². The molecule has 6 heteroatoms. The second kappa shape index (κ2) is 9.96. The van der Waals surface area contributed by atoms with Gasteiger partial charge in [-0.3, -0.25) is 9.69 Å². The smallest absolute Gasteiger partial charge is 0.241 e. The summed E-state index contributed by atoms with van der Waals surface area (Å²) in [7, 11) is 2.00. The molecule has 1 atom stereocenters. The highest BCUT2D eigenvalue weighted by atomic mass is 32.2. The van der Waals surface area contributed by atoms with Crippen LogP contribution in [0.15, 0.2) is 53.4 Å². The van der Waals surface area contributed by atoms with Crippen molar-refractivity contribution in [3.63, 3.8) is 0 Å².